The summed E-state index contributed by atoms with van der Waals surface area (Å²) >= 11 is 0. The summed E-state index contributed by atoms with van der Waals surface area (Å²) in [6.45, 7) is 0. The number of hydrogen-bond acceptors (Lipinski definition) is 3. The first kappa shape index (κ1) is 13.2. The van der Waals surface area contributed by atoms with Gasteiger partial charge in [0, 0.05) is 0 Å². The average Bonchev–Trinajstić information content (AvgIpc) is 2.15. The molecule has 1 aromatic heterocycles. The van der Waals surface area contributed by atoms with Gasteiger partial charge in [0.1, 0.15) is 5.69 Å². The second-order valence-electron chi connectivity index (χ2n) is 3.10. The zero-order chi connectivity index (χ0) is 13.2. The summed E-state index contributed by atoms with van der Waals surface area (Å²) in [5.41, 5.74) is 1.38. The lowest BCUT2D eigenvalue weighted by molar-refractivity contribution is -0.140. The van der Waals surface area contributed by atoms with Gasteiger partial charge >= 0.3 is 6.18 Å². The van der Waals surface area contributed by atoms with Gasteiger partial charge in [0.05, 0.1) is 18.2 Å². The number of halogens is 5. The van der Waals surface area contributed by atoms with E-state index in [0.717, 1.165) is 0 Å². The van der Waals surface area contributed by atoms with Crippen LogP contribution >= 0.6 is 0 Å². The van der Waals surface area contributed by atoms with Gasteiger partial charge in [-0.3, -0.25) is 0 Å². The maximum absolute atomic E-state index is 12.5. The van der Waals surface area contributed by atoms with Crippen LogP contribution in [-0.4, -0.2) is 4.98 Å². The molecule has 0 unspecified atom stereocenters. The quantitative estimate of drug-likeness (QED) is 0.822. The van der Waals surface area contributed by atoms with Crippen LogP contribution in [0, 0.1) is 11.3 Å². The summed E-state index contributed by atoms with van der Waals surface area (Å²) in [7, 11) is 0. The lowest BCUT2D eigenvalue weighted by atomic mass is 10.1. The van der Waals surface area contributed by atoms with Gasteiger partial charge in [-0.15, -0.1) is 0 Å². The van der Waals surface area contributed by atoms with Crippen LogP contribution in [0.25, 0.3) is 0 Å². The molecule has 0 saturated carbocycles. The van der Waals surface area contributed by atoms with E-state index in [2.05, 4.69) is 4.98 Å². The van der Waals surface area contributed by atoms with E-state index < -0.39 is 36.1 Å². The fraction of sp³-hybridized carbons (Fsp3) is 0.333. The summed E-state index contributed by atoms with van der Waals surface area (Å²) in [6.07, 6.45) is -8.58. The van der Waals surface area contributed by atoms with Crippen LogP contribution in [0.5, 0.6) is 0 Å². The summed E-state index contributed by atoms with van der Waals surface area (Å²) in [4.78, 5) is 2.81. The molecule has 0 saturated heterocycles. The van der Waals surface area contributed by atoms with Crippen LogP contribution in [0.3, 0.4) is 0 Å². The fourth-order valence-electron chi connectivity index (χ4n) is 1.23. The van der Waals surface area contributed by atoms with Gasteiger partial charge in [0.25, 0.3) is 6.43 Å². The van der Waals surface area contributed by atoms with Crippen LogP contribution in [0.1, 0.15) is 23.4 Å². The molecular formula is C9H6F5N3. The van der Waals surface area contributed by atoms with Crippen LogP contribution < -0.4 is 5.73 Å². The van der Waals surface area contributed by atoms with Crippen LogP contribution in [0.2, 0.25) is 0 Å². The largest absolute Gasteiger partial charge is 0.435 e. The van der Waals surface area contributed by atoms with E-state index in [4.69, 9.17) is 11.0 Å². The zero-order valence-corrected chi connectivity index (χ0v) is 8.22. The van der Waals surface area contributed by atoms with Crippen molar-refractivity contribution in [1.29, 1.82) is 5.26 Å². The van der Waals surface area contributed by atoms with Crippen molar-refractivity contribution < 1.29 is 22.0 Å². The first-order chi connectivity index (χ1) is 7.77. The topological polar surface area (TPSA) is 62.7 Å². The minimum absolute atomic E-state index is 0.298. The number of rotatable bonds is 2. The predicted octanol–water partition coefficient (Wildman–Crippen LogP) is 2.69. The second-order valence-corrected chi connectivity index (χ2v) is 3.10. The molecule has 92 valence electrons. The molecule has 0 radical (unpaired) electrons. The first-order valence-corrected chi connectivity index (χ1v) is 4.29. The summed E-state index contributed by atoms with van der Waals surface area (Å²) < 4.78 is 62.0. The molecule has 0 spiro atoms. The Hall–Kier alpha value is -1.91. The Balaban J connectivity index is 3.41. The highest BCUT2D eigenvalue weighted by molar-refractivity contribution is 5.49. The Kier molecular flexibility index (Phi) is 3.50. The van der Waals surface area contributed by atoms with Crippen molar-refractivity contribution >= 4 is 5.69 Å². The number of hydrogen-bond donors (Lipinski definition) is 1. The lowest BCUT2D eigenvalue weighted by Crippen LogP contribution is -2.15. The smallest absolute Gasteiger partial charge is 0.397 e. The third kappa shape index (κ3) is 2.81. The van der Waals surface area contributed by atoms with Crippen LogP contribution in [0.4, 0.5) is 27.6 Å². The maximum Gasteiger partial charge on any atom is 0.435 e. The standard InChI is InChI=1S/C9H6F5N3/c10-8(11)6-4(1-2-15)3-5(16)7(17-6)9(12,13)14/h3,8H,1,16H2. The molecular weight excluding hydrogens is 245 g/mol. The van der Waals surface area contributed by atoms with Gasteiger partial charge in [0.15, 0.2) is 5.69 Å². The number of aromatic nitrogens is 1. The summed E-state index contributed by atoms with van der Waals surface area (Å²) in [5.74, 6) is 0. The van der Waals surface area contributed by atoms with Crippen molar-refractivity contribution in [2.45, 2.75) is 19.0 Å². The Bertz CT molecular complexity index is 461. The van der Waals surface area contributed by atoms with E-state index >= 15 is 0 Å². The van der Waals surface area contributed by atoms with E-state index in [0.29, 0.717) is 6.07 Å². The normalized spacial score (nSPS) is 11.6. The molecule has 0 bridgehead atoms. The van der Waals surface area contributed by atoms with Gasteiger partial charge < -0.3 is 5.73 Å². The summed E-state index contributed by atoms with van der Waals surface area (Å²) in [6, 6.07) is 2.26. The number of nitrogens with zero attached hydrogens (tertiary/aromatic N) is 2. The number of anilines is 1. The number of alkyl halides is 5. The molecule has 1 aromatic rings. The van der Waals surface area contributed by atoms with E-state index in [-0.39, 0.29) is 5.56 Å². The van der Waals surface area contributed by atoms with Crippen molar-refractivity contribution in [3.8, 4) is 6.07 Å². The zero-order valence-electron chi connectivity index (χ0n) is 8.22. The SMILES string of the molecule is N#CCc1cc(N)c(C(F)(F)F)nc1C(F)F. The van der Waals surface area contributed by atoms with Gasteiger partial charge in [-0.05, 0) is 11.6 Å². The highest BCUT2D eigenvalue weighted by Crippen LogP contribution is 2.35. The minimum atomic E-state index is -4.90. The molecule has 0 fully saturated rings. The maximum atomic E-state index is 12.5. The fourth-order valence-corrected chi connectivity index (χ4v) is 1.23. The lowest BCUT2D eigenvalue weighted by Gasteiger charge is -2.13. The Morgan fingerprint density at radius 1 is 1.41 bits per heavy atom. The molecule has 0 amide bonds. The number of nitrogens with two attached hydrogens (primary N) is 1. The molecule has 1 heterocycles. The molecule has 0 aliphatic heterocycles. The highest BCUT2D eigenvalue weighted by atomic mass is 19.4. The van der Waals surface area contributed by atoms with Crippen LogP contribution in [0.15, 0.2) is 6.07 Å². The van der Waals surface area contributed by atoms with Crippen LogP contribution in [-0.2, 0) is 12.6 Å². The third-order valence-corrected chi connectivity index (χ3v) is 1.91. The van der Waals surface area contributed by atoms with Crippen molar-refractivity contribution in [3.05, 3.63) is 23.0 Å². The average molecular weight is 251 g/mol. The van der Waals surface area contributed by atoms with E-state index in [1.54, 1.807) is 6.07 Å². The molecule has 17 heavy (non-hydrogen) atoms. The molecule has 8 heteroatoms. The molecule has 0 aliphatic carbocycles. The van der Waals surface area contributed by atoms with Crippen molar-refractivity contribution in [1.82, 2.24) is 4.98 Å². The summed E-state index contributed by atoms with van der Waals surface area (Å²) in [5, 5.41) is 8.36. The minimum Gasteiger partial charge on any atom is -0.397 e. The molecule has 0 aliphatic rings. The molecule has 2 N–H and O–H groups in total. The van der Waals surface area contributed by atoms with E-state index in [1.165, 1.54) is 0 Å². The Morgan fingerprint density at radius 3 is 2.41 bits per heavy atom. The van der Waals surface area contributed by atoms with Crippen molar-refractivity contribution in [3.63, 3.8) is 0 Å². The number of pyridine rings is 1. The molecule has 3 nitrogen and oxygen atoms in total. The van der Waals surface area contributed by atoms with Gasteiger partial charge in [-0.25, -0.2) is 13.8 Å². The first-order valence-electron chi connectivity index (χ1n) is 4.29. The highest BCUT2D eigenvalue weighted by Gasteiger charge is 2.36. The number of nitriles is 1. The Morgan fingerprint density at radius 2 is 2.00 bits per heavy atom. The third-order valence-electron chi connectivity index (χ3n) is 1.91. The van der Waals surface area contributed by atoms with Gasteiger partial charge in [-0.1, -0.05) is 0 Å². The second kappa shape index (κ2) is 4.53. The van der Waals surface area contributed by atoms with E-state index in [9.17, 15) is 22.0 Å². The monoisotopic (exact) mass is 251 g/mol. The molecule has 1 rings (SSSR count). The van der Waals surface area contributed by atoms with Gasteiger partial charge in [-0.2, -0.15) is 18.4 Å². The van der Waals surface area contributed by atoms with Crippen molar-refractivity contribution in [2.24, 2.45) is 0 Å². The van der Waals surface area contributed by atoms with Crippen molar-refractivity contribution in [2.75, 3.05) is 5.73 Å². The predicted molar refractivity (Wildman–Crippen MR) is 47.9 cm³/mol. The number of nitrogen functional groups attached to an aromatic ring is 1. The van der Waals surface area contributed by atoms with E-state index in [1.807, 2.05) is 0 Å². The Labute approximate surface area is 92.7 Å². The molecule has 0 aromatic carbocycles. The molecule has 0 atom stereocenters. The van der Waals surface area contributed by atoms with Gasteiger partial charge in [0.2, 0.25) is 0 Å².